The summed E-state index contributed by atoms with van der Waals surface area (Å²) in [5.41, 5.74) is 8.22. The summed E-state index contributed by atoms with van der Waals surface area (Å²) < 4.78 is 5.88. The van der Waals surface area contributed by atoms with Crippen LogP contribution in [0.4, 0.5) is 5.82 Å². The Morgan fingerprint density at radius 2 is 2.00 bits per heavy atom. The van der Waals surface area contributed by atoms with Crippen LogP contribution in [0.5, 0.6) is 0 Å². The van der Waals surface area contributed by atoms with Crippen molar-refractivity contribution in [2.45, 2.75) is 19.8 Å². The van der Waals surface area contributed by atoms with Crippen molar-refractivity contribution in [2.75, 3.05) is 5.73 Å². The van der Waals surface area contributed by atoms with Gasteiger partial charge in [0.15, 0.2) is 11.6 Å². The van der Waals surface area contributed by atoms with E-state index in [0.29, 0.717) is 18.7 Å². The van der Waals surface area contributed by atoms with E-state index in [0.717, 1.165) is 37.6 Å². The maximum Gasteiger partial charge on any atom is 0.169 e. The molecule has 2 N–H and O–H groups in total. The van der Waals surface area contributed by atoms with Gasteiger partial charge in [-0.2, -0.15) is 0 Å². The smallest absolute Gasteiger partial charge is 0.169 e. The number of ketones is 2. The van der Waals surface area contributed by atoms with Crippen molar-refractivity contribution in [1.82, 2.24) is 4.98 Å². The highest BCUT2D eigenvalue weighted by Crippen LogP contribution is 2.32. The number of aromatic nitrogens is 1. The number of carbonyl (C=O) groups is 2. The van der Waals surface area contributed by atoms with Crippen molar-refractivity contribution >= 4 is 45.8 Å². The van der Waals surface area contributed by atoms with Crippen molar-refractivity contribution in [3.63, 3.8) is 0 Å². The van der Waals surface area contributed by atoms with Gasteiger partial charge in [0.2, 0.25) is 0 Å². The number of hydrogen-bond donors (Lipinski definition) is 1. The average molecular weight is 417 g/mol. The van der Waals surface area contributed by atoms with Gasteiger partial charge in [-0.15, -0.1) is 11.3 Å². The average Bonchev–Trinajstić information content (AvgIpc) is 3.38. The van der Waals surface area contributed by atoms with Crippen LogP contribution in [-0.2, 0) is 11.2 Å². The predicted octanol–water partition coefficient (Wildman–Crippen LogP) is 5.56. The molecular formula is C24H20N2O3S. The first-order valence-corrected chi connectivity index (χ1v) is 10.4. The zero-order valence-corrected chi connectivity index (χ0v) is 17.2. The molecule has 3 aromatic heterocycles. The lowest BCUT2D eigenvalue weighted by molar-refractivity contribution is -0.114. The first-order valence-electron chi connectivity index (χ1n) is 9.54. The van der Waals surface area contributed by atoms with Gasteiger partial charge in [-0.25, -0.2) is 4.98 Å². The standard InChI is InChI=1S/C24H20N2O3S/c1-15(27)22-9-10-23(30-22)17-4-8-21-18(12-17)13-20(29-21)7-6-19(28)5-2-16-3-11-24(25)26-14-16/h2-5,8-14H,6-7H2,1H3,(H2,25,26)/b5-2+. The topological polar surface area (TPSA) is 86.2 Å². The summed E-state index contributed by atoms with van der Waals surface area (Å²) in [6, 6.07) is 15.3. The van der Waals surface area contributed by atoms with Gasteiger partial charge in [-0.3, -0.25) is 9.59 Å². The minimum absolute atomic E-state index is 0.0170. The monoisotopic (exact) mass is 416 g/mol. The second-order valence-corrected chi connectivity index (χ2v) is 8.09. The van der Waals surface area contributed by atoms with Gasteiger partial charge in [0, 0.05) is 29.3 Å². The summed E-state index contributed by atoms with van der Waals surface area (Å²) in [4.78, 5) is 29.5. The van der Waals surface area contributed by atoms with Crippen molar-refractivity contribution in [3.05, 3.63) is 77.0 Å². The number of anilines is 1. The molecule has 0 saturated carbocycles. The lowest BCUT2D eigenvalue weighted by Crippen LogP contribution is -1.95. The molecule has 0 bridgehead atoms. The maximum absolute atomic E-state index is 12.2. The van der Waals surface area contributed by atoms with Gasteiger partial charge in [0.1, 0.15) is 17.2 Å². The molecule has 0 aliphatic rings. The summed E-state index contributed by atoms with van der Waals surface area (Å²) in [5, 5.41) is 0.983. The van der Waals surface area contributed by atoms with Crippen LogP contribution >= 0.6 is 11.3 Å². The largest absolute Gasteiger partial charge is 0.461 e. The highest BCUT2D eigenvalue weighted by Gasteiger charge is 2.10. The number of Topliss-reactive ketones (excluding diaryl/α,β-unsaturated/α-hetero) is 1. The van der Waals surface area contributed by atoms with Gasteiger partial charge in [0.05, 0.1) is 4.88 Å². The van der Waals surface area contributed by atoms with Gasteiger partial charge >= 0.3 is 0 Å². The number of carbonyl (C=O) groups excluding carboxylic acids is 2. The Hall–Kier alpha value is -3.51. The lowest BCUT2D eigenvalue weighted by atomic mass is 10.1. The maximum atomic E-state index is 12.2. The van der Waals surface area contributed by atoms with Crippen LogP contribution in [0.15, 0.2) is 65.2 Å². The van der Waals surface area contributed by atoms with Crippen molar-refractivity contribution in [3.8, 4) is 10.4 Å². The molecule has 6 heteroatoms. The van der Waals surface area contributed by atoms with E-state index < -0.39 is 0 Å². The van der Waals surface area contributed by atoms with E-state index in [1.807, 2.05) is 42.5 Å². The third-order valence-corrected chi connectivity index (χ3v) is 5.93. The van der Waals surface area contributed by atoms with Gasteiger partial charge in [0.25, 0.3) is 0 Å². The number of benzene rings is 1. The van der Waals surface area contributed by atoms with Crippen LogP contribution in [0, 0.1) is 0 Å². The molecule has 3 heterocycles. The van der Waals surface area contributed by atoms with Crippen molar-refractivity contribution in [2.24, 2.45) is 0 Å². The zero-order valence-electron chi connectivity index (χ0n) is 16.4. The fraction of sp³-hybridized carbons (Fsp3) is 0.125. The minimum atomic E-state index is 0.0170. The number of hydrogen-bond acceptors (Lipinski definition) is 6. The van der Waals surface area contributed by atoms with Crippen LogP contribution < -0.4 is 5.73 Å². The molecule has 0 fully saturated rings. The van der Waals surface area contributed by atoms with Gasteiger partial charge in [-0.05, 0) is 78.7 Å². The Morgan fingerprint density at radius 3 is 2.73 bits per heavy atom. The Balaban J connectivity index is 1.42. The second kappa shape index (κ2) is 8.47. The molecular weight excluding hydrogens is 396 g/mol. The number of allylic oxidation sites excluding steroid dienone is 1. The lowest BCUT2D eigenvalue weighted by Gasteiger charge is -1.96. The predicted molar refractivity (Wildman–Crippen MR) is 121 cm³/mol. The molecule has 0 saturated heterocycles. The number of pyridine rings is 1. The molecule has 1 aromatic carbocycles. The number of thiophene rings is 1. The van der Waals surface area contributed by atoms with Gasteiger partial charge in [-0.1, -0.05) is 0 Å². The van der Waals surface area contributed by atoms with Crippen LogP contribution in [-0.4, -0.2) is 16.6 Å². The molecule has 0 atom stereocenters. The summed E-state index contributed by atoms with van der Waals surface area (Å²) >= 11 is 1.48. The minimum Gasteiger partial charge on any atom is -0.461 e. The fourth-order valence-electron chi connectivity index (χ4n) is 3.09. The molecule has 0 amide bonds. The summed E-state index contributed by atoms with van der Waals surface area (Å²) in [6.07, 6.45) is 5.80. The van der Waals surface area contributed by atoms with Gasteiger partial charge < -0.3 is 10.2 Å². The van der Waals surface area contributed by atoms with E-state index in [4.69, 9.17) is 10.2 Å². The first-order chi connectivity index (χ1) is 14.5. The molecule has 150 valence electrons. The summed E-state index contributed by atoms with van der Waals surface area (Å²) in [5.74, 6) is 1.31. The van der Waals surface area contributed by atoms with E-state index in [2.05, 4.69) is 4.98 Å². The Morgan fingerprint density at radius 1 is 1.13 bits per heavy atom. The SMILES string of the molecule is CC(=O)c1ccc(-c2ccc3oc(CCC(=O)/C=C/c4ccc(N)nc4)cc3c2)s1. The molecule has 0 aliphatic carbocycles. The first kappa shape index (κ1) is 19.8. The normalized spacial score (nSPS) is 11.4. The molecule has 0 spiro atoms. The van der Waals surface area contributed by atoms with E-state index in [9.17, 15) is 9.59 Å². The van der Waals surface area contributed by atoms with Crippen LogP contribution in [0.25, 0.3) is 27.5 Å². The second-order valence-electron chi connectivity index (χ2n) is 7.00. The highest BCUT2D eigenvalue weighted by atomic mass is 32.1. The zero-order chi connectivity index (χ0) is 21.1. The quantitative estimate of drug-likeness (QED) is 0.315. The third-order valence-electron chi connectivity index (χ3n) is 4.69. The number of fused-ring (bicyclic) bond motifs is 1. The van der Waals surface area contributed by atoms with E-state index in [1.54, 1.807) is 31.3 Å². The molecule has 4 rings (SSSR count). The molecule has 30 heavy (non-hydrogen) atoms. The number of nitrogens with two attached hydrogens (primary N) is 1. The highest BCUT2D eigenvalue weighted by molar-refractivity contribution is 7.17. The molecule has 0 radical (unpaired) electrons. The molecule has 0 aliphatic heterocycles. The number of nitrogens with zero attached hydrogens (tertiary/aromatic N) is 1. The number of furan rings is 1. The van der Waals surface area contributed by atoms with E-state index in [1.165, 1.54) is 11.3 Å². The van der Waals surface area contributed by atoms with Crippen molar-refractivity contribution in [1.29, 1.82) is 0 Å². The number of rotatable bonds is 7. The molecule has 5 nitrogen and oxygen atoms in total. The molecule has 4 aromatic rings. The number of nitrogen functional groups attached to an aromatic ring is 1. The Kier molecular flexibility index (Phi) is 5.59. The Bertz CT molecular complexity index is 1250. The summed E-state index contributed by atoms with van der Waals surface area (Å²) in [6.45, 7) is 1.57. The van der Waals surface area contributed by atoms with E-state index >= 15 is 0 Å². The number of aryl methyl sites for hydroxylation is 1. The van der Waals surface area contributed by atoms with Crippen LogP contribution in [0.2, 0.25) is 0 Å². The van der Waals surface area contributed by atoms with Crippen LogP contribution in [0.3, 0.4) is 0 Å². The van der Waals surface area contributed by atoms with Crippen LogP contribution in [0.1, 0.15) is 34.3 Å². The summed E-state index contributed by atoms with van der Waals surface area (Å²) in [7, 11) is 0. The van der Waals surface area contributed by atoms with E-state index in [-0.39, 0.29) is 11.6 Å². The fourth-order valence-corrected chi connectivity index (χ4v) is 3.99. The molecule has 0 unspecified atom stereocenters. The Labute approximate surface area is 177 Å². The third kappa shape index (κ3) is 4.55. The van der Waals surface area contributed by atoms with Crippen molar-refractivity contribution < 1.29 is 14.0 Å².